The zero-order valence-corrected chi connectivity index (χ0v) is 12.1. The summed E-state index contributed by atoms with van der Waals surface area (Å²) in [5.74, 6) is 2.55. The molecule has 98 valence electrons. The number of nitrogens with two attached hydrogens (primary N) is 1. The molecule has 1 aromatic heterocycles. The van der Waals surface area contributed by atoms with E-state index >= 15 is 0 Å². The molecule has 0 saturated heterocycles. The number of anilines is 1. The van der Waals surface area contributed by atoms with Gasteiger partial charge in [0, 0.05) is 23.2 Å². The van der Waals surface area contributed by atoms with E-state index in [0.717, 1.165) is 21.5 Å². The van der Waals surface area contributed by atoms with Crippen LogP contribution in [0.25, 0.3) is 11.4 Å². The van der Waals surface area contributed by atoms with Gasteiger partial charge in [-0.1, -0.05) is 0 Å². The lowest BCUT2D eigenvalue weighted by molar-refractivity contribution is 0.412. The molecule has 1 aromatic carbocycles. The number of ether oxygens (including phenoxy) is 1. The van der Waals surface area contributed by atoms with E-state index in [1.165, 1.54) is 12.8 Å². The van der Waals surface area contributed by atoms with Crippen molar-refractivity contribution in [1.82, 2.24) is 9.97 Å². The van der Waals surface area contributed by atoms with Crippen LogP contribution < -0.4 is 10.5 Å². The fourth-order valence-corrected chi connectivity index (χ4v) is 2.55. The number of benzene rings is 1. The highest BCUT2D eigenvalue weighted by atomic mass is 79.9. The maximum Gasteiger partial charge on any atom is 0.161 e. The van der Waals surface area contributed by atoms with Gasteiger partial charge in [-0.05, 0) is 47.0 Å². The van der Waals surface area contributed by atoms with E-state index in [-0.39, 0.29) is 0 Å². The molecule has 1 fully saturated rings. The Kier molecular flexibility index (Phi) is 3.14. The van der Waals surface area contributed by atoms with E-state index in [9.17, 15) is 0 Å². The van der Waals surface area contributed by atoms with Crippen molar-refractivity contribution in [3.8, 4) is 17.1 Å². The molecule has 1 aliphatic carbocycles. The van der Waals surface area contributed by atoms with Crippen molar-refractivity contribution in [3.05, 3.63) is 34.4 Å². The van der Waals surface area contributed by atoms with Crippen LogP contribution in [0.5, 0.6) is 5.75 Å². The molecular formula is C14H14BrN3O. The van der Waals surface area contributed by atoms with Gasteiger partial charge in [-0.3, -0.25) is 0 Å². The Balaban J connectivity index is 2.03. The number of hydrogen-bond donors (Lipinski definition) is 1. The van der Waals surface area contributed by atoms with Crippen LogP contribution in [0, 0.1) is 0 Å². The van der Waals surface area contributed by atoms with Gasteiger partial charge in [0.05, 0.1) is 11.6 Å². The van der Waals surface area contributed by atoms with Crippen molar-refractivity contribution in [2.75, 3.05) is 12.8 Å². The van der Waals surface area contributed by atoms with Crippen LogP contribution >= 0.6 is 15.9 Å². The van der Waals surface area contributed by atoms with E-state index in [4.69, 9.17) is 10.5 Å². The fourth-order valence-electron chi connectivity index (χ4n) is 2.01. The summed E-state index contributed by atoms with van der Waals surface area (Å²) >= 11 is 3.47. The monoisotopic (exact) mass is 319 g/mol. The molecule has 2 N–H and O–H groups in total. The van der Waals surface area contributed by atoms with Crippen molar-refractivity contribution in [1.29, 1.82) is 0 Å². The Morgan fingerprint density at radius 2 is 2.05 bits per heavy atom. The second-order valence-electron chi connectivity index (χ2n) is 4.66. The summed E-state index contributed by atoms with van der Waals surface area (Å²) in [6.45, 7) is 0. The van der Waals surface area contributed by atoms with Gasteiger partial charge >= 0.3 is 0 Å². The largest absolute Gasteiger partial charge is 0.496 e. The molecule has 2 aromatic rings. The molecule has 4 nitrogen and oxygen atoms in total. The van der Waals surface area contributed by atoms with E-state index in [1.807, 2.05) is 24.3 Å². The topological polar surface area (TPSA) is 61.0 Å². The number of nitrogens with zero attached hydrogens (tertiary/aromatic N) is 2. The highest BCUT2D eigenvalue weighted by Crippen LogP contribution is 2.40. The lowest BCUT2D eigenvalue weighted by Crippen LogP contribution is -1.99. The summed E-state index contributed by atoms with van der Waals surface area (Å²) < 4.78 is 6.10. The Hall–Kier alpha value is -1.62. The molecule has 0 unspecified atom stereocenters. The van der Waals surface area contributed by atoms with Gasteiger partial charge in [-0.2, -0.15) is 0 Å². The van der Waals surface area contributed by atoms with E-state index < -0.39 is 0 Å². The maximum absolute atomic E-state index is 5.87. The molecule has 0 atom stereocenters. The van der Waals surface area contributed by atoms with Crippen LogP contribution in [0.2, 0.25) is 0 Å². The third-order valence-corrected chi connectivity index (χ3v) is 3.79. The molecule has 0 spiro atoms. The first kappa shape index (κ1) is 12.4. The molecule has 0 amide bonds. The number of aromatic nitrogens is 2. The van der Waals surface area contributed by atoms with Gasteiger partial charge in [0.25, 0.3) is 0 Å². The molecule has 3 rings (SSSR count). The normalized spacial score (nSPS) is 14.4. The van der Waals surface area contributed by atoms with Crippen molar-refractivity contribution in [2.45, 2.75) is 18.8 Å². The molecule has 0 aliphatic heterocycles. The van der Waals surface area contributed by atoms with Crippen LogP contribution in [0.4, 0.5) is 5.82 Å². The molecule has 1 saturated carbocycles. The SMILES string of the molecule is COc1ccc(-c2nc(N)cc(C3CC3)n2)cc1Br. The molecule has 19 heavy (non-hydrogen) atoms. The summed E-state index contributed by atoms with van der Waals surface area (Å²) in [5.41, 5.74) is 7.85. The summed E-state index contributed by atoms with van der Waals surface area (Å²) in [5, 5.41) is 0. The Morgan fingerprint density at radius 1 is 1.26 bits per heavy atom. The van der Waals surface area contributed by atoms with E-state index in [2.05, 4.69) is 25.9 Å². The van der Waals surface area contributed by atoms with Crippen LogP contribution in [-0.4, -0.2) is 17.1 Å². The number of nitrogen functional groups attached to an aromatic ring is 1. The standard InChI is InChI=1S/C14H14BrN3O/c1-19-12-5-4-9(6-10(12)15)14-17-11(8-2-3-8)7-13(16)18-14/h4-8H,2-3H2,1H3,(H2,16,17,18). The van der Waals surface area contributed by atoms with Gasteiger partial charge in [-0.25, -0.2) is 9.97 Å². The van der Waals surface area contributed by atoms with Gasteiger partial charge in [0.15, 0.2) is 5.82 Å². The average molecular weight is 320 g/mol. The molecule has 1 aliphatic rings. The second-order valence-corrected chi connectivity index (χ2v) is 5.52. The lowest BCUT2D eigenvalue weighted by atomic mass is 10.2. The average Bonchev–Trinajstić information content (AvgIpc) is 3.22. The van der Waals surface area contributed by atoms with E-state index in [1.54, 1.807) is 7.11 Å². The summed E-state index contributed by atoms with van der Waals surface area (Å²) in [6, 6.07) is 7.65. The van der Waals surface area contributed by atoms with Crippen LogP contribution in [0.15, 0.2) is 28.7 Å². The van der Waals surface area contributed by atoms with Crippen molar-refractivity contribution in [2.24, 2.45) is 0 Å². The minimum Gasteiger partial charge on any atom is -0.496 e. The van der Waals surface area contributed by atoms with Gasteiger partial charge < -0.3 is 10.5 Å². The first-order chi connectivity index (χ1) is 9.17. The summed E-state index contributed by atoms with van der Waals surface area (Å²) in [6.07, 6.45) is 2.39. The highest BCUT2D eigenvalue weighted by Gasteiger charge is 2.26. The third kappa shape index (κ3) is 2.56. The van der Waals surface area contributed by atoms with Crippen LogP contribution in [0.3, 0.4) is 0 Å². The summed E-state index contributed by atoms with van der Waals surface area (Å²) in [4.78, 5) is 8.93. The second kappa shape index (κ2) is 4.81. The number of methoxy groups -OCH3 is 1. The third-order valence-electron chi connectivity index (χ3n) is 3.17. The highest BCUT2D eigenvalue weighted by molar-refractivity contribution is 9.10. The minimum atomic E-state index is 0.527. The lowest BCUT2D eigenvalue weighted by Gasteiger charge is -2.07. The number of halogens is 1. The molecule has 0 bridgehead atoms. The molecule has 0 radical (unpaired) electrons. The maximum atomic E-state index is 5.87. The molecular weight excluding hydrogens is 306 g/mol. The molecule has 5 heteroatoms. The van der Waals surface area contributed by atoms with Crippen molar-refractivity contribution in [3.63, 3.8) is 0 Å². The fraction of sp³-hybridized carbons (Fsp3) is 0.286. The predicted octanol–water partition coefficient (Wildman–Crippen LogP) is 3.37. The Morgan fingerprint density at radius 3 is 2.68 bits per heavy atom. The first-order valence-electron chi connectivity index (χ1n) is 6.16. The minimum absolute atomic E-state index is 0.527. The number of hydrogen-bond acceptors (Lipinski definition) is 4. The van der Waals surface area contributed by atoms with Crippen LogP contribution in [0.1, 0.15) is 24.5 Å². The van der Waals surface area contributed by atoms with Crippen LogP contribution in [-0.2, 0) is 0 Å². The van der Waals surface area contributed by atoms with Gasteiger partial charge in [0.2, 0.25) is 0 Å². The number of rotatable bonds is 3. The molecule has 1 heterocycles. The van der Waals surface area contributed by atoms with Crippen molar-refractivity contribution < 1.29 is 4.74 Å². The van der Waals surface area contributed by atoms with Crippen molar-refractivity contribution >= 4 is 21.7 Å². The zero-order chi connectivity index (χ0) is 13.4. The summed E-state index contributed by atoms with van der Waals surface area (Å²) in [7, 11) is 1.64. The van der Waals surface area contributed by atoms with E-state index in [0.29, 0.717) is 17.6 Å². The Labute approximate surface area is 120 Å². The first-order valence-corrected chi connectivity index (χ1v) is 6.95. The zero-order valence-electron chi connectivity index (χ0n) is 10.6. The van der Waals surface area contributed by atoms with Gasteiger partial charge in [-0.15, -0.1) is 0 Å². The smallest absolute Gasteiger partial charge is 0.161 e. The Bertz CT molecular complexity index is 626. The van der Waals surface area contributed by atoms with Gasteiger partial charge in [0.1, 0.15) is 11.6 Å². The quantitative estimate of drug-likeness (QED) is 0.942. The predicted molar refractivity (Wildman–Crippen MR) is 78.1 cm³/mol.